The Morgan fingerprint density at radius 2 is 1.26 bits per heavy atom. The molecule has 1 aliphatic carbocycles. The first-order valence-corrected chi connectivity index (χ1v) is 11.5. The molecule has 0 fully saturated rings. The molecule has 0 amide bonds. The average molecular weight is 325 g/mol. The van der Waals surface area contributed by atoms with Crippen LogP contribution in [-0.2, 0) is 22.9 Å². The molecule has 122 valence electrons. The summed E-state index contributed by atoms with van der Waals surface area (Å²) in [5, 5.41) is 0. The predicted octanol–water partition coefficient (Wildman–Crippen LogP) is 5.70. The molecule has 0 atom stereocenters. The highest BCUT2D eigenvalue weighted by atomic mass is 28.4. The molecule has 0 heterocycles. The Morgan fingerprint density at radius 3 is 1.74 bits per heavy atom. The van der Waals surface area contributed by atoms with Gasteiger partial charge in [-0.3, -0.25) is 0 Å². The molecule has 0 N–H and O–H groups in total. The zero-order chi connectivity index (χ0) is 16.3. The van der Waals surface area contributed by atoms with Crippen LogP contribution < -0.4 is 0 Å². The van der Waals surface area contributed by atoms with Crippen molar-refractivity contribution in [2.75, 3.05) is 0 Å². The summed E-state index contributed by atoms with van der Waals surface area (Å²) in [5.41, 5.74) is 4.12. The fourth-order valence-corrected chi connectivity index (χ4v) is 7.06. The molecule has 1 aliphatic rings. The van der Waals surface area contributed by atoms with Gasteiger partial charge in [-0.1, -0.05) is 75.4 Å². The molecule has 23 heavy (non-hydrogen) atoms. The van der Waals surface area contributed by atoms with E-state index in [4.69, 9.17) is 4.43 Å². The second-order valence-electron chi connectivity index (χ2n) is 6.83. The molecule has 0 aromatic heterocycles. The Bertz CT molecular complexity index is 613. The van der Waals surface area contributed by atoms with Gasteiger partial charge in [-0.2, -0.15) is 0 Å². The van der Waals surface area contributed by atoms with Gasteiger partial charge in [0.2, 0.25) is 0 Å². The van der Waals surface area contributed by atoms with Gasteiger partial charge in [0.1, 0.15) is 0 Å². The summed E-state index contributed by atoms with van der Waals surface area (Å²) in [5.74, 6) is 0. The lowest BCUT2D eigenvalue weighted by Gasteiger charge is -2.41. The first-order chi connectivity index (χ1) is 11.2. The number of fused-ring (bicyclic) bond motifs is 1. The summed E-state index contributed by atoms with van der Waals surface area (Å²) < 4.78 is 7.14. The molecule has 0 saturated carbocycles. The second-order valence-corrected chi connectivity index (χ2v) is 11.5. The number of hydrogen-bond acceptors (Lipinski definition) is 1. The van der Waals surface area contributed by atoms with E-state index in [0.29, 0.717) is 0 Å². The standard InChI is InChI=1S/C21H28OSi/c1-4-23(5-2,6-3)22-21(20-14-8-7-9-15-20)16-18-12-10-11-13-19(18)17-21/h7-15H,4-6,16-17H2,1-3H3. The first-order valence-electron chi connectivity index (χ1n) is 8.99. The summed E-state index contributed by atoms with van der Waals surface area (Å²) in [6.07, 6.45) is 2.03. The Labute approximate surface area is 141 Å². The quantitative estimate of drug-likeness (QED) is 0.619. The maximum Gasteiger partial charge on any atom is 0.193 e. The third-order valence-electron chi connectivity index (χ3n) is 5.72. The summed E-state index contributed by atoms with van der Waals surface area (Å²) in [7, 11) is -1.68. The van der Waals surface area contributed by atoms with Gasteiger partial charge in [0.15, 0.2) is 8.32 Å². The predicted molar refractivity (Wildman–Crippen MR) is 100 cm³/mol. The second kappa shape index (κ2) is 6.62. The molecule has 0 saturated heterocycles. The molecule has 0 aliphatic heterocycles. The smallest absolute Gasteiger partial charge is 0.193 e. The van der Waals surface area contributed by atoms with E-state index in [1.54, 1.807) is 0 Å². The van der Waals surface area contributed by atoms with Gasteiger partial charge in [-0.25, -0.2) is 0 Å². The zero-order valence-electron chi connectivity index (χ0n) is 14.6. The van der Waals surface area contributed by atoms with Crippen molar-refractivity contribution in [1.82, 2.24) is 0 Å². The van der Waals surface area contributed by atoms with Gasteiger partial charge in [-0.15, -0.1) is 0 Å². The van der Waals surface area contributed by atoms with E-state index in [1.807, 2.05) is 0 Å². The molecular formula is C21H28OSi. The van der Waals surface area contributed by atoms with Gasteiger partial charge >= 0.3 is 0 Å². The molecular weight excluding hydrogens is 296 g/mol. The lowest BCUT2D eigenvalue weighted by atomic mass is 9.91. The van der Waals surface area contributed by atoms with Crippen LogP contribution in [0, 0.1) is 0 Å². The Morgan fingerprint density at radius 1 is 0.783 bits per heavy atom. The minimum Gasteiger partial charge on any atom is -0.407 e. The molecule has 2 aromatic carbocycles. The number of hydrogen-bond donors (Lipinski definition) is 0. The van der Waals surface area contributed by atoms with Crippen molar-refractivity contribution >= 4 is 8.32 Å². The van der Waals surface area contributed by atoms with E-state index in [2.05, 4.69) is 75.4 Å². The number of benzene rings is 2. The van der Waals surface area contributed by atoms with E-state index < -0.39 is 8.32 Å². The fraction of sp³-hybridized carbons (Fsp3) is 0.429. The molecule has 2 aromatic rings. The van der Waals surface area contributed by atoms with E-state index in [-0.39, 0.29) is 5.60 Å². The molecule has 1 nitrogen and oxygen atoms in total. The monoisotopic (exact) mass is 324 g/mol. The highest BCUT2D eigenvalue weighted by Crippen LogP contribution is 2.44. The van der Waals surface area contributed by atoms with Crippen molar-refractivity contribution in [2.24, 2.45) is 0 Å². The molecule has 0 bridgehead atoms. The summed E-state index contributed by atoms with van der Waals surface area (Å²) >= 11 is 0. The Balaban J connectivity index is 2.03. The molecule has 2 heteroatoms. The van der Waals surface area contributed by atoms with Crippen molar-refractivity contribution < 1.29 is 4.43 Å². The van der Waals surface area contributed by atoms with Crippen LogP contribution in [-0.4, -0.2) is 8.32 Å². The van der Waals surface area contributed by atoms with Crippen molar-refractivity contribution in [3.63, 3.8) is 0 Å². The maximum absolute atomic E-state index is 7.14. The largest absolute Gasteiger partial charge is 0.407 e. The Kier molecular flexibility index (Phi) is 4.74. The van der Waals surface area contributed by atoms with Crippen LogP contribution in [0.3, 0.4) is 0 Å². The van der Waals surface area contributed by atoms with Crippen molar-refractivity contribution in [1.29, 1.82) is 0 Å². The highest BCUT2D eigenvalue weighted by Gasteiger charge is 2.45. The van der Waals surface area contributed by atoms with Crippen molar-refractivity contribution in [3.05, 3.63) is 71.3 Å². The first kappa shape index (κ1) is 16.5. The lowest BCUT2D eigenvalue weighted by Crippen LogP contribution is -2.46. The summed E-state index contributed by atoms with van der Waals surface area (Å²) in [6.45, 7) is 6.96. The topological polar surface area (TPSA) is 9.23 Å². The van der Waals surface area contributed by atoms with E-state index in [0.717, 1.165) is 12.8 Å². The third kappa shape index (κ3) is 3.02. The van der Waals surface area contributed by atoms with Gasteiger partial charge in [0, 0.05) is 12.8 Å². The van der Waals surface area contributed by atoms with Crippen LogP contribution >= 0.6 is 0 Å². The molecule has 3 rings (SSSR count). The van der Waals surface area contributed by atoms with Gasteiger partial charge in [0.05, 0.1) is 5.60 Å². The Hall–Kier alpha value is -1.38. The van der Waals surface area contributed by atoms with Crippen LogP contribution in [0.15, 0.2) is 54.6 Å². The zero-order valence-corrected chi connectivity index (χ0v) is 15.6. The van der Waals surface area contributed by atoms with Gasteiger partial charge < -0.3 is 4.43 Å². The van der Waals surface area contributed by atoms with Gasteiger partial charge in [0.25, 0.3) is 0 Å². The van der Waals surface area contributed by atoms with Crippen molar-refractivity contribution in [3.8, 4) is 0 Å². The molecule has 0 unspecified atom stereocenters. The van der Waals surface area contributed by atoms with Crippen LogP contribution in [0.25, 0.3) is 0 Å². The van der Waals surface area contributed by atoms with E-state index in [1.165, 1.54) is 34.8 Å². The fourth-order valence-electron chi connectivity index (χ4n) is 4.04. The SMILES string of the molecule is CC[Si](CC)(CC)OC1(c2ccccc2)Cc2ccccc2C1. The highest BCUT2D eigenvalue weighted by molar-refractivity contribution is 6.73. The maximum atomic E-state index is 7.14. The van der Waals surface area contributed by atoms with Gasteiger partial charge in [-0.05, 0) is 34.8 Å². The average Bonchev–Trinajstić information content (AvgIpc) is 3.00. The van der Waals surface area contributed by atoms with E-state index >= 15 is 0 Å². The van der Waals surface area contributed by atoms with Crippen LogP contribution in [0.4, 0.5) is 0 Å². The lowest BCUT2D eigenvalue weighted by molar-refractivity contribution is 0.0641. The third-order valence-corrected chi connectivity index (χ3v) is 10.4. The normalized spacial score (nSPS) is 16.3. The van der Waals surface area contributed by atoms with E-state index in [9.17, 15) is 0 Å². The summed E-state index contributed by atoms with van der Waals surface area (Å²) in [4.78, 5) is 0. The van der Waals surface area contributed by atoms with Crippen LogP contribution in [0.5, 0.6) is 0 Å². The van der Waals surface area contributed by atoms with Crippen LogP contribution in [0.1, 0.15) is 37.5 Å². The number of rotatable bonds is 6. The minimum absolute atomic E-state index is 0.154. The van der Waals surface area contributed by atoms with Crippen molar-refractivity contribution in [2.45, 2.75) is 57.3 Å². The minimum atomic E-state index is -1.68. The summed E-state index contributed by atoms with van der Waals surface area (Å²) in [6, 6.07) is 23.4. The van der Waals surface area contributed by atoms with Crippen LogP contribution in [0.2, 0.25) is 18.1 Å². The molecule has 0 spiro atoms. The molecule has 0 radical (unpaired) electrons.